The summed E-state index contributed by atoms with van der Waals surface area (Å²) in [4.78, 5) is 57.3. The van der Waals surface area contributed by atoms with Gasteiger partial charge in [-0.05, 0) is 43.5 Å². The third-order valence-corrected chi connectivity index (χ3v) is 6.47. The van der Waals surface area contributed by atoms with Gasteiger partial charge in [-0.2, -0.15) is 0 Å². The molecule has 0 bridgehead atoms. The topological polar surface area (TPSA) is 149 Å². The molecule has 12 heteroatoms. The van der Waals surface area contributed by atoms with E-state index < -0.39 is 42.6 Å². The molecule has 1 unspecified atom stereocenters. The normalized spacial score (nSPS) is 18.4. The number of aromatic hydroxyl groups is 1. The van der Waals surface area contributed by atoms with Gasteiger partial charge >= 0.3 is 25.0 Å². The van der Waals surface area contributed by atoms with Gasteiger partial charge in [-0.1, -0.05) is 18.2 Å². The number of pyridine rings is 1. The van der Waals surface area contributed by atoms with Crippen LogP contribution in [0.15, 0.2) is 36.5 Å². The van der Waals surface area contributed by atoms with Crippen LogP contribution in [0.1, 0.15) is 36.2 Å². The highest BCUT2D eigenvalue weighted by Crippen LogP contribution is 2.36. The number of carbonyl (C=O) groups is 4. The van der Waals surface area contributed by atoms with Crippen molar-refractivity contribution in [1.29, 1.82) is 0 Å². The molecule has 1 aromatic heterocycles. The SMILES string of the molecule is CCN1CCN(C(=O)NC(C(=O)C[C@H]2Cc3cccc(C)c3OB2O)c2ccc(O)cn2)C(=O)C1=O. The highest BCUT2D eigenvalue weighted by atomic mass is 16.5. The minimum atomic E-state index is -1.28. The zero-order valence-corrected chi connectivity index (χ0v) is 20.0. The summed E-state index contributed by atoms with van der Waals surface area (Å²) in [5, 5.41) is 22.7. The Morgan fingerprint density at radius 2 is 2.00 bits per heavy atom. The van der Waals surface area contributed by atoms with E-state index in [4.69, 9.17) is 4.65 Å². The lowest BCUT2D eigenvalue weighted by Gasteiger charge is -2.33. The van der Waals surface area contributed by atoms with Crippen LogP contribution in [0.4, 0.5) is 4.79 Å². The Balaban J connectivity index is 1.53. The molecule has 36 heavy (non-hydrogen) atoms. The van der Waals surface area contributed by atoms with Crippen LogP contribution in [0, 0.1) is 6.92 Å². The van der Waals surface area contributed by atoms with Crippen molar-refractivity contribution in [2.45, 2.75) is 38.5 Å². The highest BCUT2D eigenvalue weighted by Gasteiger charge is 2.40. The quantitative estimate of drug-likeness (QED) is 0.398. The predicted molar refractivity (Wildman–Crippen MR) is 128 cm³/mol. The summed E-state index contributed by atoms with van der Waals surface area (Å²) in [5.74, 6) is -2.37. The number of imide groups is 1. The fraction of sp³-hybridized carbons (Fsp3) is 0.375. The largest absolute Gasteiger partial charge is 0.536 e. The Bertz CT molecular complexity index is 1190. The number of nitrogens with zero attached hydrogens (tertiary/aromatic N) is 3. The molecule has 3 heterocycles. The standard InChI is InChI=1S/C24H27BN4O7/c1-3-28-9-10-29(23(33)22(28)32)24(34)27-20(18-8-7-17(30)13-26-18)19(31)12-16-11-15-6-4-5-14(2)21(15)36-25(16)35/h4-8,13,16,20,30,35H,3,9-12H2,1-2H3,(H,27,34)/t16-,20?/m1/s1. The fourth-order valence-corrected chi connectivity index (χ4v) is 4.45. The molecule has 2 aromatic rings. The molecule has 2 aliphatic heterocycles. The van der Waals surface area contributed by atoms with Crippen molar-refractivity contribution in [2.75, 3.05) is 19.6 Å². The van der Waals surface area contributed by atoms with Gasteiger partial charge in [0.15, 0.2) is 5.78 Å². The second-order valence-corrected chi connectivity index (χ2v) is 8.87. The smallest absolute Gasteiger partial charge is 0.526 e. The van der Waals surface area contributed by atoms with Crippen LogP contribution >= 0.6 is 0 Å². The molecule has 1 aromatic carbocycles. The number of amides is 4. The van der Waals surface area contributed by atoms with E-state index in [1.807, 2.05) is 25.1 Å². The van der Waals surface area contributed by atoms with Gasteiger partial charge in [-0.3, -0.25) is 24.3 Å². The average Bonchev–Trinajstić information content (AvgIpc) is 2.85. The number of para-hydroxylation sites is 1. The van der Waals surface area contributed by atoms with Crippen LogP contribution in [0.3, 0.4) is 0 Å². The Kier molecular flexibility index (Phi) is 7.25. The summed E-state index contributed by atoms with van der Waals surface area (Å²) in [5.41, 5.74) is 1.87. The maximum absolute atomic E-state index is 13.4. The minimum absolute atomic E-state index is 0.0144. The fourth-order valence-electron chi connectivity index (χ4n) is 4.45. The van der Waals surface area contributed by atoms with Gasteiger partial charge in [-0.25, -0.2) is 4.79 Å². The number of rotatable bonds is 6. The first-order valence-electron chi connectivity index (χ1n) is 11.7. The number of aryl methyl sites for hydroxylation is 1. The number of aromatic nitrogens is 1. The zero-order valence-electron chi connectivity index (χ0n) is 20.0. The molecule has 11 nitrogen and oxygen atoms in total. The Hall–Kier alpha value is -3.93. The molecule has 2 atom stereocenters. The number of carbonyl (C=O) groups excluding carboxylic acids is 4. The number of nitrogens with one attached hydrogen (secondary N) is 1. The maximum Gasteiger partial charge on any atom is 0.526 e. The Morgan fingerprint density at radius 1 is 1.22 bits per heavy atom. The lowest BCUT2D eigenvalue weighted by Crippen LogP contribution is -2.58. The lowest BCUT2D eigenvalue weighted by atomic mass is 9.64. The summed E-state index contributed by atoms with van der Waals surface area (Å²) in [6, 6.07) is 6.12. The van der Waals surface area contributed by atoms with Crippen LogP contribution in [0.25, 0.3) is 0 Å². The van der Waals surface area contributed by atoms with E-state index in [0.29, 0.717) is 18.7 Å². The van der Waals surface area contributed by atoms with Crippen molar-refractivity contribution in [1.82, 2.24) is 20.1 Å². The van der Waals surface area contributed by atoms with Crippen molar-refractivity contribution < 1.29 is 34.0 Å². The van der Waals surface area contributed by atoms with E-state index in [0.717, 1.165) is 22.2 Å². The molecule has 0 spiro atoms. The van der Waals surface area contributed by atoms with Gasteiger partial charge in [-0.15, -0.1) is 0 Å². The number of likely N-dealkylation sites (N-methyl/N-ethyl adjacent to an activating group) is 1. The molecule has 0 radical (unpaired) electrons. The molecular weight excluding hydrogens is 467 g/mol. The van der Waals surface area contributed by atoms with Crippen molar-refractivity contribution in [3.05, 3.63) is 53.3 Å². The summed E-state index contributed by atoms with van der Waals surface area (Å²) in [7, 11) is -1.23. The van der Waals surface area contributed by atoms with E-state index in [9.17, 15) is 29.3 Å². The summed E-state index contributed by atoms with van der Waals surface area (Å²) in [6.07, 6.45) is 1.37. The van der Waals surface area contributed by atoms with Crippen LogP contribution < -0.4 is 9.97 Å². The highest BCUT2D eigenvalue weighted by molar-refractivity contribution is 6.46. The van der Waals surface area contributed by atoms with E-state index >= 15 is 0 Å². The predicted octanol–water partition coefficient (Wildman–Crippen LogP) is 0.982. The Morgan fingerprint density at radius 3 is 2.69 bits per heavy atom. The van der Waals surface area contributed by atoms with E-state index in [1.54, 1.807) is 6.92 Å². The lowest BCUT2D eigenvalue weighted by molar-refractivity contribution is -0.153. The van der Waals surface area contributed by atoms with Gasteiger partial charge in [0.1, 0.15) is 17.5 Å². The van der Waals surface area contributed by atoms with Gasteiger partial charge in [0, 0.05) is 31.9 Å². The van der Waals surface area contributed by atoms with E-state index in [-0.39, 0.29) is 31.0 Å². The third kappa shape index (κ3) is 5.03. The number of fused-ring (bicyclic) bond motifs is 1. The molecular formula is C24H27BN4O7. The monoisotopic (exact) mass is 494 g/mol. The van der Waals surface area contributed by atoms with Gasteiger partial charge in [0.25, 0.3) is 0 Å². The summed E-state index contributed by atoms with van der Waals surface area (Å²) < 4.78 is 5.67. The molecule has 188 valence electrons. The van der Waals surface area contributed by atoms with Gasteiger partial charge in [0.05, 0.1) is 11.9 Å². The summed E-state index contributed by atoms with van der Waals surface area (Å²) >= 11 is 0. The molecule has 4 rings (SSSR count). The Labute approximate surface area is 208 Å². The van der Waals surface area contributed by atoms with E-state index in [1.165, 1.54) is 17.0 Å². The van der Waals surface area contributed by atoms with Crippen LogP contribution in [0.2, 0.25) is 5.82 Å². The first-order valence-corrected chi connectivity index (χ1v) is 11.7. The number of ketones is 1. The second-order valence-electron chi connectivity index (χ2n) is 8.87. The second kappa shape index (κ2) is 10.4. The zero-order chi connectivity index (χ0) is 26.0. The van der Waals surface area contributed by atoms with E-state index in [2.05, 4.69) is 10.3 Å². The van der Waals surface area contributed by atoms with Crippen molar-refractivity contribution in [3.63, 3.8) is 0 Å². The molecule has 4 amide bonds. The number of piperazine rings is 1. The number of hydrogen-bond donors (Lipinski definition) is 3. The average molecular weight is 494 g/mol. The molecule has 1 fully saturated rings. The summed E-state index contributed by atoms with van der Waals surface area (Å²) in [6.45, 7) is 4.11. The van der Waals surface area contributed by atoms with Crippen molar-refractivity contribution in [2.24, 2.45) is 0 Å². The first kappa shape index (κ1) is 25.2. The van der Waals surface area contributed by atoms with Gasteiger partial charge < -0.3 is 25.0 Å². The molecule has 2 aliphatic rings. The molecule has 0 saturated carbocycles. The first-order chi connectivity index (χ1) is 17.2. The maximum atomic E-state index is 13.4. The van der Waals surface area contributed by atoms with Crippen molar-refractivity contribution >= 4 is 30.7 Å². The van der Waals surface area contributed by atoms with Gasteiger partial charge in [0.2, 0.25) is 0 Å². The van der Waals surface area contributed by atoms with Crippen LogP contribution in [0.5, 0.6) is 11.5 Å². The van der Waals surface area contributed by atoms with Crippen LogP contribution in [-0.2, 0) is 20.8 Å². The van der Waals surface area contributed by atoms with Crippen LogP contribution in [-0.4, -0.2) is 75.3 Å². The molecule has 1 saturated heterocycles. The number of Topliss-reactive ketones (excluding diaryl/α,β-unsaturated/α-hetero) is 1. The molecule has 0 aliphatic carbocycles. The number of hydrogen-bond acceptors (Lipinski definition) is 8. The third-order valence-electron chi connectivity index (χ3n) is 6.47. The number of urea groups is 1. The van der Waals surface area contributed by atoms with Crippen molar-refractivity contribution in [3.8, 4) is 11.5 Å². The molecule has 3 N–H and O–H groups in total. The number of benzene rings is 1. The minimum Gasteiger partial charge on any atom is -0.536 e.